The smallest absolute Gasteiger partial charge is 0.125 e. The third kappa shape index (κ3) is 3.68. The zero-order chi connectivity index (χ0) is 21.3. The minimum atomic E-state index is -0.842. The molecule has 2 aromatic carbocycles. The lowest BCUT2D eigenvalue weighted by molar-refractivity contribution is -0.00800. The molecular weight excluding hydrogens is 378 g/mol. The van der Waals surface area contributed by atoms with Gasteiger partial charge in [0.25, 0.3) is 0 Å². The van der Waals surface area contributed by atoms with Crippen molar-refractivity contribution in [3.8, 4) is 23.1 Å². The number of aliphatic hydroxyl groups is 1. The zero-order valence-electron chi connectivity index (χ0n) is 18.1. The lowest BCUT2D eigenvalue weighted by Gasteiger charge is -2.52. The first-order valence-electron chi connectivity index (χ1n) is 11.4. The number of aryl methyl sites for hydroxylation is 1. The third-order valence-corrected chi connectivity index (χ3v) is 7.43. The minimum absolute atomic E-state index is 0.0548. The Morgan fingerprint density at radius 2 is 1.87 bits per heavy atom. The summed E-state index contributed by atoms with van der Waals surface area (Å²) < 4.78 is 0. The first-order chi connectivity index (χ1) is 15.1. The van der Waals surface area contributed by atoms with Crippen molar-refractivity contribution in [2.45, 2.75) is 56.5 Å². The lowest BCUT2D eigenvalue weighted by Crippen LogP contribution is -2.50. The van der Waals surface area contributed by atoms with E-state index in [-0.39, 0.29) is 5.41 Å². The largest absolute Gasteiger partial charge is 0.378 e. The van der Waals surface area contributed by atoms with Gasteiger partial charge in [0.15, 0.2) is 0 Å². The van der Waals surface area contributed by atoms with Crippen LogP contribution < -0.4 is 0 Å². The van der Waals surface area contributed by atoms with Gasteiger partial charge in [-0.3, -0.25) is 4.98 Å². The van der Waals surface area contributed by atoms with Gasteiger partial charge in [0.05, 0.1) is 5.69 Å². The summed E-state index contributed by atoms with van der Waals surface area (Å²) in [7, 11) is 0. The standard InChI is InChI=1S/C29H29NO/c1-2-15-28(31)16-17-29(20-22-8-4-3-5-9-22)25(21-28)13-11-23-19-24(12-14-26(23)29)27-10-6-7-18-30-27/h3-10,12,14,18-19,25,31H,11,13,16-17,20-21H2,1H3. The summed E-state index contributed by atoms with van der Waals surface area (Å²) in [6.07, 6.45) is 7.49. The summed E-state index contributed by atoms with van der Waals surface area (Å²) >= 11 is 0. The van der Waals surface area contributed by atoms with Gasteiger partial charge >= 0.3 is 0 Å². The number of hydrogen-bond acceptors (Lipinski definition) is 2. The van der Waals surface area contributed by atoms with E-state index in [1.54, 1.807) is 0 Å². The monoisotopic (exact) mass is 407 g/mol. The topological polar surface area (TPSA) is 33.1 Å². The SMILES string of the molecule is CC#CC1(O)CCC2(Cc3ccccc3)c3ccc(-c4ccccn4)cc3CCC2C1. The highest BCUT2D eigenvalue weighted by Crippen LogP contribution is 2.54. The van der Waals surface area contributed by atoms with Gasteiger partial charge in [-0.1, -0.05) is 54.5 Å². The summed E-state index contributed by atoms with van der Waals surface area (Å²) in [5.74, 6) is 6.53. The molecule has 0 radical (unpaired) electrons. The van der Waals surface area contributed by atoms with Gasteiger partial charge in [-0.2, -0.15) is 0 Å². The van der Waals surface area contributed by atoms with Gasteiger partial charge in [-0.05, 0) is 86.3 Å². The lowest BCUT2D eigenvalue weighted by atomic mass is 9.52. The molecule has 3 unspecified atom stereocenters. The maximum atomic E-state index is 11.1. The van der Waals surface area contributed by atoms with Crippen LogP contribution in [0.1, 0.15) is 49.3 Å². The fourth-order valence-electron chi connectivity index (χ4n) is 6.02. The van der Waals surface area contributed by atoms with Gasteiger partial charge in [-0.15, -0.1) is 5.92 Å². The average Bonchev–Trinajstić information content (AvgIpc) is 2.80. The van der Waals surface area contributed by atoms with E-state index in [2.05, 4.69) is 71.4 Å². The molecule has 2 aliphatic rings. The van der Waals surface area contributed by atoms with Crippen LogP contribution in [0.4, 0.5) is 0 Å². The van der Waals surface area contributed by atoms with Crippen molar-refractivity contribution in [3.05, 3.63) is 89.6 Å². The van der Waals surface area contributed by atoms with E-state index in [0.717, 1.165) is 44.2 Å². The van der Waals surface area contributed by atoms with Crippen LogP contribution in [0, 0.1) is 17.8 Å². The maximum absolute atomic E-state index is 11.1. The highest BCUT2D eigenvalue weighted by molar-refractivity contribution is 5.62. The molecule has 0 bridgehead atoms. The van der Waals surface area contributed by atoms with Crippen molar-refractivity contribution in [1.29, 1.82) is 0 Å². The van der Waals surface area contributed by atoms with Crippen LogP contribution in [0.25, 0.3) is 11.3 Å². The second-order valence-corrected chi connectivity index (χ2v) is 9.25. The van der Waals surface area contributed by atoms with Crippen LogP contribution in [-0.2, 0) is 18.3 Å². The Bertz CT molecular complexity index is 1130. The van der Waals surface area contributed by atoms with Crippen molar-refractivity contribution >= 4 is 0 Å². The summed E-state index contributed by atoms with van der Waals surface area (Å²) in [4.78, 5) is 4.56. The molecule has 31 heavy (non-hydrogen) atoms. The molecule has 3 atom stereocenters. The molecule has 1 saturated carbocycles. The fourth-order valence-corrected chi connectivity index (χ4v) is 6.02. The number of hydrogen-bond donors (Lipinski definition) is 1. The van der Waals surface area contributed by atoms with Crippen molar-refractivity contribution in [3.63, 3.8) is 0 Å². The van der Waals surface area contributed by atoms with Crippen molar-refractivity contribution in [1.82, 2.24) is 4.98 Å². The average molecular weight is 408 g/mol. The van der Waals surface area contributed by atoms with E-state index < -0.39 is 5.60 Å². The molecular formula is C29H29NO. The van der Waals surface area contributed by atoms with Crippen LogP contribution in [0.5, 0.6) is 0 Å². The van der Waals surface area contributed by atoms with E-state index in [9.17, 15) is 5.11 Å². The van der Waals surface area contributed by atoms with Crippen molar-refractivity contribution in [2.75, 3.05) is 0 Å². The summed E-state index contributed by atoms with van der Waals surface area (Å²) in [5.41, 5.74) is 5.73. The Hall–Kier alpha value is -2.89. The molecule has 1 aromatic heterocycles. The Morgan fingerprint density at radius 3 is 2.65 bits per heavy atom. The van der Waals surface area contributed by atoms with Crippen molar-refractivity contribution < 1.29 is 5.11 Å². The van der Waals surface area contributed by atoms with Crippen LogP contribution in [-0.4, -0.2) is 15.7 Å². The Balaban J connectivity index is 1.59. The second kappa shape index (κ2) is 7.98. The predicted molar refractivity (Wildman–Crippen MR) is 126 cm³/mol. The summed E-state index contributed by atoms with van der Waals surface area (Å²) in [6, 6.07) is 23.9. The van der Waals surface area contributed by atoms with E-state index >= 15 is 0 Å². The number of aromatic nitrogens is 1. The highest BCUT2D eigenvalue weighted by atomic mass is 16.3. The molecule has 156 valence electrons. The van der Waals surface area contributed by atoms with E-state index in [1.165, 1.54) is 22.3 Å². The first-order valence-corrected chi connectivity index (χ1v) is 11.4. The highest BCUT2D eigenvalue weighted by Gasteiger charge is 2.51. The summed E-state index contributed by atoms with van der Waals surface area (Å²) in [5, 5.41) is 11.1. The Kier molecular flexibility index (Phi) is 5.16. The molecule has 2 heteroatoms. The fraction of sp³-hybridized carbons (Fsp3) is 0.345. The quantitative estimate of drug-likeness (QED) is 0.563. The van der Waals surface area contributed by atoms with Crippen molar-refractivity contribution in [2.24, 2.45) is 5.92 Å². The Morgan fingerprint density at radius 1 is 1.03 bits per heavy atom. The number of fused-ring (bicyclic) bond motifs is 3. The number of nitrogens with zero attached hydrogens (tertiary/aromatic N) is 1. The molecule has 2 aliphatic carbocycles. The van der Waals surface area contributed by atoms with E-state index in [0.29, 0.717) is 5.92 Å². The number of pyridine rings is 1. The van der Waals surface area contributed by atoms with Gasteiger partial charge in [0, 0.05) is 17.2 Å². The predicted octanol–water partition coefficient (Wildman–Crippen LogP) is 5.73. The van der Waals surface area contributed by atoms with Gasteiger partial charge in [-0.25, -0.2) is 0 Å². The third-order valence-electron chi connectivity index (χ3n) is 7.43. The Labute approximate surface area is 185 Å². The van der Waals surface area contributed by atoms with Crippen LogP contribution >= 0.6 is 0 Å². The maximum Gasteiger partial charge on any atom is 0.125 e. The number of rotatable bonds is 3. The molecule has 0 spiro atoms. The molecule has 0 amide bonds. The molecule has 5 rings (SSSR count). The molecule has 1 fully saturated rings. The molecule has 3 aromatic rings. The van der Waals surface area contributed by atoms with Crippen LogP contribution in [0.3, 0.4) is 0 Å². The number of benzene rings is 2. The normalized spacial score (nSPS) is 26.8. The summed E-state index contributed by atoms with van der Waals surface area (Å²) in [6.45, 7) is 1.83. The van der Waals surface area contributed by atoms with E-state index in [1.807, 2.05) is 25.3 Å². The second-order valence-electron chi connectivity index (χ2n) is 9.25. The van der Waals surface area contributed by atoms with Gasteiger partial charge < -0.3 is 5.11 Å². The van der Waals surface area contributed by atoms with Gasteiger partial charge in [0.2, 0.25) is 0 Å². The minimum Gasteiger partial charge on any atom is -0.378 e. The molecule has 1 heterocycles. The van der Waals surface area contributed by atoms with E-state index in [4.69, 9.17) is 0 Å². The molecule has 2 nitrogen and oxygen atoms in total. The van der Waals surface area contributed by atoms with Crippen LogP contribution in [0.2, 0.25) is 0 Å². The van der Waals surface area contributed by atoms with Crippen LogP contribution in [0.15, 0.2) is 72.9 Å². The van der Waals surface area contributed by atoms with Gasteiger partial charge in [0.1, 0.15) is 5.60 Å². The molecule has 0 aliphatic heterocycles. The zero-order valence-corrected chi connectivity index (χ0v) is 18.1. The molecule has 1 N–H and O–H groups in total. The first kappa shape index (κ1) is 20.0. The molecule has 0 saturated heterocycles.